The maximum absolute atomic E-state index is 10.6. The van der Waals surface area contributed by atoms with Gasteiger partial charge in [-0.05, 0) is 0 Å². The molecular formula is C11H18N4O2. The number of aliphatic carboxylic acids is 1. The van der Waals surface area contributed by atoms with Crippen LogP contribution < -0.4 is 0 Å². The predicted octanol–water partition coefficient (Wildman–Crippen LogP) is -0.378. The van der Waals surface area contributed by atoms with Crippen LogP contribution in [0.3, 0.4) is 0 Å². The van der Waals surface area contributed by atoms with Gasteiger partial charge >= 0.3 is 5.97 Å². The minimum atomic E-state index is -0.748. The van der Waals surface area contributed by atoms with Crippen LogP contribution in [0.25, 0.3) is 0 Å². The molecule has 1 aromatic heterocycles. The highest BCUT2D eigenvalue weighted by molar-refractivity contribution is 5.69. The summed E-state index contributed by atoms with van der Waals surface area (Å²) < 4.78 is 2.02. The highest BCUT2D eigenvalue weighted by Crippen LogP contribution is 2.06. The van der Waals surface area contributed by atoms with Crippen LogP contribution in [0.5, 0.6) is 0 Å². The number of aromatic nitrogens is 2. The number of aryl methyl sites for hydroxylation is 1. The highest BCUT2D eigenvalue weighted by atomic mass is 16.4. The van der Waals surface area contributed by atoms with E-state index < -0.39 is 5.97 Å². The number of rotatable bonds is 4. The summed E-state index contributed by atoms with van der Waals surface area (Å²) in [6.45, 7) is 4.42. The van der Waals surface area contributed by atoms with E-state index >= 15 is 0 Å². The van der Waals surface area contributed by atoms with Gasteiger partial charge < -0.3 is 9.67 Å². The van der Waals surface area contributed by atoms with Crippen molar-refractivity contribution in [3.8, 4) is 0 Å². The van der Waals surface area contributed by atoms with Crippen molar-refractivity contribution in [1.29, 1.82) is 0 Å². The lowest BCUT2D eigenvalue weighted by molar-refractivity contribution is -0.138. The Bertz CT molecular complexity index is 383. The van der Waals surface area contributed by atoms with Gasteiger partial charge in [0, 0.05) is 45.6 Å². The monoisotopic (exact) mass is 238 g/mol. The minimum Gasteiger partial charge on any atom is -0.480 e. The number of nitrogens with zero attached hydrogens (tertiary/aromatic N) is 4. The first-order valence-electron chi connectivity index (χ1n) is 5.78. The molecule has 0 saturated carbocycles. The van der Waals surface area contributed by atoms with E-state index in [0.29, 0.717) is 0 Å². The molecule has 1 fully saturated rings. The van der Waals surface area contributed by atoms with E-state index in [2.05, 4.69) is 9.88 Å². The van der Waals surface area contributed by atoms with Crippen molar-refractivity contribution in [2.24, 2.45) is 7.05 Å². The summed E-state index contributed by atoms with van der Waals surface area (Å²) in [4.78, 5) is 19.1. The van der Waals surface area contributed by atoms with Crippen molar-refractivity contribution in [2.75, 3.05) is 32.7 Å². The maximum Gasteiger partial charge on any atom is 0.317 e. The van der Waals surface area contributed by atoms with Crippen LogP contribution in [0.15, 0.2) is 12.4 Å². The van der Waals surface area contributed by atoms with Crippen LogP contribution in [0.1, 0.15) is 5.82 Å². The Kier molecular flexibility index (Phi) is 3.75. The molecule has 6 heteroatoms. The van der Waals surface area contributed by atoms with Gasteiger partial charge in [-0.15, -0.1) is 0 Å². The third-order valence-electron chi connectivity index (χ3n) is 3.11. The predicted molar refractivity (Wildman–Crippen MR) is 62.6 cm³/mol. The van der Waals surface area contributed by atoms with Crippen molar-refractivity contribution in [3.05, 3.63) is 18.2 Å². The first-order valence-corrected chi connectivity index (χ1v) is 5.78. The van der Waals surface area contributed by atoms with Crippen molar-refractivity contribution in [1.82, 2.24) is 19.4 Å². The fourth-order valence-electron chi connectivity index (χ4n) is 2.05. The molecule has 0 unspecified atom stereocenters. The summed E-state index contributed by atoms with van der Waals surface area (Å²) in [6, 6.07) is 0. The lowest BCUT2D eigenvalue weighted by atomic mass is 10.3. The summed E-state index contributed by atoms with van der Waals surface area (Å²) in [5.74, 6) is 0.305. The smallest absolute Gasteiger partial charge is 0.317 e. The van der Waals surface area contributed by atoms with Crippen molar-refractivity contribution < 1.29 is 9.90 Å². The SMILES string of the molecule is Cn1ccnc1CN1CCN(CC(=O)O)CC1. The van der Waals surface area contributed by atoms with Gasteiger partial charge in [-0.2, -0.15) is 0 Å². The summed E-state index contributed by atoms with van der Waals surface area (Å²) in [5.41, 5.74) is 0. The van der Waals surface area contributed by atoms with Gasteiger partial charge in [0.05, 0.1) is 13.1 Å². The normalized spacial score (nSPS) is 18.4. The highest BCUT2D eigenvalue weighted by Gasteiger charge is 2.19. The molecule has 1 N–H and O–H groups in total. The van der Waals surface area contributed by atoms with E-state index in [1.54, 1.807) is 6.20 Å². The fourth-order valence-corrected chi connectivity index (χ4v) is 2.05. The van der Waals surface area contributed by atoms with E-state index in [-0.39, 0.29) is 6.54 Å². The summed E-state index contributed by atoms with van der Waals surface area (Å²) in [6.07, 6.45) is 3.74. The van der Waals surface area contributed by atoms with Gasteiger partial charge in [0.15, 0.2) is 0 Å². The third-order valence-corrected chi connectivity index (χ3v) is 3.11. The largest absolute Gasteiger partial charge is 0.480 e. The van der Waals surface area contributed by atoms with E-state index in [4.69, 9.17) is 5.11 Å². The van der Waals surface area contributed by atoms with Crippen molar-refractivity contribution >= 4 is 5.97 Å². The van der Waals surface area contributed by atoms with Gasteiger partial charge in [-0.25, -0.2) is 4.98 Å². The van der Waals surface area contributed by atoms with Crippen LogP contribution in [-0.4, -0.2) is 63.2 Å². The molecule has 0 bridgehead atoms. The Balaban J connectivity index is 1.79. The molecule has 0 aliphatic carbocycles. The van der Waals surface area contributed by atoms with Gasteiger partial charge in [0.2, 0.25) is 0 Å². The number of hydrogen-bond acceptors (Lipinski definition) is 4. The number of hydrogen-bond donors (Lipinski definition) is 1. The van der Waals surface area contributed by atoms with Crippen LogP contribution >= 0.6 is 0 Å². The van der Waals surface area contributed by atoms with Crippen LogP contribution in [-0.2, 0) is 18.4 Å². The molecule has 0 amide bonds. The van der Waals surface area contributed by atoms with Gasteiger partial charge in [-0.1, -0.05) is 0 Å². The molecule has 1 aromatic rings. The quantitative estimate of drug-likeness (QED) is 0.775. The van der Waals surface area contributed by atoms with Crippen molar-refractivity contribution in [3.63, 3.8) is 0 Å². The lowest BCUT2D eigenvalue weighted by Gasteiger charge is -2.33. The second-order valence-electron chi connectivity index (χ2n) is 4.40. The van der Waals surface area contributed by atoms with Gasteiger partial charge in [0.1, 0.15) is 5.82 Å². The van der Waals surface area contributed by atoms with Crippen LogP contribution in [0, 0.1) is 0 Å². The van der Waals surface area contributed by atoms with Crippen LogP contribution in [0.4, 0.5) is 0 Å². The number of piperazine rings is 1. The molecule has 2 heterocycles. The average Bonchev–Trinajstić information content (AvgIpc) is 2.67. The second kappa shape index (κ2) is 5.29. The van der Waals surface area contributed by atoms with Gasteiger partial charge in [-0.3, -0.25) is 14.6 Å². The zero-order valence-electron chi connectivity index (χ0n) is 10.0. The topological polar surface area (TPSA) is 61.6 Å². The molecule has 6 nitrogen and oxygen atoms in total. The fraction of sp³-hybridized carbons (Fsp3) is 0.636. The number of imidazole rings is 1. The first kappa shape index (κ1) is 12.1. The Morgan fingerprint density at radius 1 is 1.35 bits per heavy atom. The molecule has 0 spiro atoms. The molecule has 1 aliphatic heterocycles. The molecule has 94 valence electrons. The maximum atomic E-state index is 10.6. The Morgan fingerprint density at radius 3 is 2.53 bits per heavy atom. The van der Waals surface area contributed by atoms with E-state index in [1.165, 1.54) is 0 Å². The molecular weight excluding hydrogens is 220 g/mol. The average molecular weight is 238 g/mol. The minimum absolute atomic E-state index is 0.149. The molecule has 0 aromatic carbocycles. The zero-order chi connectivity index (χ0) is 12.3. The van der Waals surface area contributed by atoms with Crippen LogP contribution in [0.2, 0.25) is 0 Å². The Labute approximate surface area is 100 Å². The first-order chi connectivity index (χ1) is 8.15. The Morgan fingerprint density at radius 2 is 2.00 bits per heavy atom. The van der Waals surface area contributed by atoms with Gasteiger partial charge in [0.25, 0.3) is 0 Å². The molecule has 0 atom stereocenters. The molecule has 2 rings (SSSR count). The number of carboxylic acids is 1. The molecule has 17 heavy (non-hydrogen) atoms. The van der Waals surface area contributed by atoms with E-state index in [0.717, 1.165) is 38.5 Å². The zero-order valence-corrected chi connectivity index (χ0v) is 10.0. The standard InChI is InChI=1S/C11H18N4O2/c1-13-3-2-12-10(13)8-14-4-6-15(7-5-14)9-11(16)17/h2-3H,4-9H2,1H3,(H,16,17). The Hall–Kier alpha value is -1.40. The van der Waals surface area contributed by atoms with Crippen molar-refractivity contribution in [2.45, 2.75) is 6.54 Å². The van der Waals surface area contributed by atoms with E-state index in [9.17, 15) is 4.79 Å². The third kappa shape index (κ3) is 3.28. The summed E-state index contributed by atoms with van der Waals surface area (Å²) in [7, 11) is 1.99. The number of carboxylic acid groups (broad SMARTS) is 1. The summed E-state index contributed by atoms with van der Waals surface area (Å²) in [5, 5.41) is 8.71. The molecule has 1 aliphatic rings. The number of carbonyl (C=O) groups is 1. The summed E-state index contributed by atoms with van der Waals surface area (Å²) >= 11 is 0. The molecule has 1 saturated heterocycles. The molecule has 0 radical (unpaired) electrons. The second-order valence-corrected chi connectivity index (χ2v) is 4.40. The van der Waals surface area contributed by atoms with E-state index in [1.807, 2.05) is 22.7 Å². The lowest BCUT2D eigenvalue weighted by Crippen LogP contribution is -2.47.